The van der Waals surface area contributed by atoms with Crippen molar-refractivity contribution in [1.82, 2.24) is 0 Å². The van der Waals surface area contributed by atoms with Gasteiger partial charge in [0.15, 0.2) is 0 Å². The van der Waals surface area contributed by atoms with Gasteiger partial charge in [-0.25, -0.2) is 0 Å². The van der Waals surface area contributed by atoms with Crippen molar-refractivity contribution in [1.29, 1.82) is 0 Å². The van der Waals surface area contributed by atoms with E-state index in [1.807, 2.05) is 20.8 Å². The van der Waals surface area contributed by atoms with Gasteiger partial charge in [-0.1, -0.05) is 31.1 Å². The molecule has 3 aliphatic rings. The molecule has 4 heteroatoms. The molecule has 1 saturated heterocycles. The van der Waals surface area contributed by atoms with Crippen molar-refractivity contribution in [2.24, 2.45) is 16.7 Å². The lowest BCUT2D eigenvalue weighted by Gasteiger charge is -2.54. The van der Waals surface area contributed by atoms with E-state index in [0.29, 0.717) is 6.42 Å². The molecule has 3 N–H and O–H groups in total. The van der Waals surface area contributed by atoms with Crippen molar-refractivity contribution >= 4 is 0 Å². The predicted molar refractivity (Wildman–Crippen MR) is 140 cm³/mol. The van der Waals surface area contributed by atoms with E-state index < -0.39 is 17.3 Å². The van der Waals surface area contributed by atoms with Crippen molar-refractivity contribution in [2.75, 3.05) is 0 Å². The molecule has 34 heavy (non-hydrogen) atoms. The maximum atomic E-state index is 11.6. The molecule has 2 aliphatic carbocycles. The van der Waals surface area contributed by atoms with Gasteiger partial charge in [-0.3, -0.25) is 0 Å². The minimum Gasteiger partial charge on any atom is -0.390 e. The second-order valence-electron chi connectivity index (χ2n) is 13.4. The molecule has 7 atom stereocenters. The summed E-state index contributed by atoms with van der Waals surface area (Å²) in [5, 5.41) is 33.1. The Balaban J connectivity index is 1.88. The van der Waals surface area contributed by atoms with Crippen LogP contribution in [0.2, 0.25) is 0 Å². The van der Waals surface area contributed by atoms with E-state index in [-0.39, 0.29) is 29.0 Å². The number of fused-ring (bicyclic) bond motifs is 1. The molecule has 0 aromatic rings. The summed E-state index contributed by atoms with van der Waals surface area (Å²) in [6, 6.07) is 0. The smallest absolute Gasteiger partial charge is 0.0888 e. The van der Waals surface area contributed by atoms with Crippen LogP contribution in [0, 0.1) is 16.7 Å². The van der Waals surface area contributed by atoms with Gasteiger partial charge in [0.1, 0.15) is 0 Å². The molecule has 0 aromatic carbocycles. The van der Waals surface area contributed by atoms with Crippen LogP contribution in [0.4, 0.5) is 0 Å². The van der Waals surface area contributed by atoms with Gasteiger partial charge < -0.3 is 20.1 Å². The molecule has 0 bridgehead atoms. The Kier molecular flexibility index (Phi) is 8.20. The van der Waals surface area contributed by atoms with E-state index in [1.54, 1.807) is 0 Å². The topological polar surface area (TPSA) is 69.9 Å². The van der Waals surface area contributed by atoms with Crippen molar-refractivity contribution < 1.29 is 20.1 Å². The number of hydrogen-bond donors (Lipinski definition) is 3. The zero-order valence-corrected chi connectivity index (χ0v) is 23.2. The third kappa shape index (κ3) is 5.51. The third-order valence-electron chi connectivity index (χ3n) is 10.0. The van der Waals surface area contributed by atoms with Crippen LogP contribution in [0.3, 0.4) is 0 Å². The molecule has 4 nitrogen and oxygen atoms in total. The molecule has 1 aliphatic heterocycles. The van der Waals surface area contributed by atoms with Crippen LogP contribution in [0.15, 0.2) is 22.8 Å². The van der Waals surface area contributed by atoms with Gasteiger partial charge >= 0.3 is 0 Å². The first-order valence-corrected chi connectivity index (χ1v) is 13.7. The fourth-order valence-electron chi connectivity index (χ4n) is 7.51. The standard InChI is InChI=1S/C30H52O4/c1-20(2)10-9-16-28(6)17-13-23(31)21(3)22(28)11-12-24-29(7)18-14-25(32)27(4,5)34-26(29)15-19-30(24,8)33/h10,23-26,31-33H,9,11-19H2,1-8H3/t23-,24+,25+,26-,28+,29+,30-/m1/s1. The maximum absolute atomic E-state index is 11.6. The largest absolute Gasteiger partial charge is 0.390 e. The van der Waals surface area contributed by atoms with E-state index in [1.165, 1.54) is 11.1 Å². The summed E-state index contributed by atoms with van der Waals surface area (Å²) >= 11 is 0. The number of ether oxygens (including phenoxy) is 1. The van der Waals surface area contributed by atoms with E-state index >= 15 is 0 Å². The predicted octanol–water partition coefficient (Wildman–Crippen LogP) is 6.48. The summed E-state index contributed by atoms with van der Waals surface area (Å²) in [4.78, 5) is 0. The number of rotatable bonds is 6. The van der Waals surface area contributed by atoms with Crippen molar-refractivity contribution in [2.45, 2.75) is 149 Å². The number of aliphatic hydroxyl groups is 3. The Morgan fingerprint density at radius 2 is 1.68 bits per heavy atom. The van der Waals surface area contributed by atoms with Crippen LogP contribution < -0.4 is 0 Å². The molecule has 2 fully saturated rings. The van der Waals surface area contributed by atoms with Gasteiger partial charge in [0.2, 0.25) is 0 Å². The van der Waals surface area contributed by atoms with Crippen LogP contribution in [0.5, 0.6) is 0 Å². The zero-order chi connectivity index (χ0) is 25.5. The highest BCUT2D eigenvalue weighted by molar-refractivity contribution is 5.27. The van der Waals surface area contributed by atoms with E-state index in [9.17, 15) is 15.3 Å². The summed E-state index contributed by atoms with van der Waals surface area (Å²) in [5.74, 6) is 0.0845. The van der Waals surface area contributed by atoms with Gasteiger partial charge in [0.05, 0.1) is 29.5 Å². The number of allylic oxidation sites excluding steroid dienone is 3. The molecule has 1 saturated carbocycles. The van der Waals surface area contributed by atoms with Crippen LogP contribution in [0.1, 0.15) is 120 Å². The summed E-state index contributed by atoms with van der Waals surface area (Å²) in [6.45, 7) is 17.1. The first-order valence-electron chi connectivity index (χ1n) is 13.7. The molecular weight excluding hydrogens is 424 g/mol. The first-order chi connectivity index (χ1) is 15.6. The number of aliphatic hydroxyl groups excluding tert-OH is 2. The van der Waals surface area contributed by atoms with Crippen LogP contribution >= 0.6 is 0 Å². The lowest BCUT2D eigenvalue weighted by Crippen LogP contribution is -2.56. The Morgan fingerprint density at radius 3 is 2.32 bits per heavy atom. The Labute approximate surface area is 208 Å². The number of hydrogen-bond acceptors (Lipinski definition) is 4. The van der Waals surface area contributed by atoms with E-state index in [2.05, 4.69) is 40.7 Å². The van der Waals surface area contributed by atoms with E-state index in [0.717, 1.165) is 63.4 Å². The lowest BCUT2D eigenvalue weighted by molar-refractivity contribution is -0.205. The fraction of sp³-hybridized carbons (Fsp3) is 0.867. The summed E-state index contributed by atoms with van der Waals surface area (Å²) in [7, 11) is 0. The average Bonchev–Trinajstić information content (AvgIpc) is 2.81. The lowest BCUT2D eigenvalue weighted by atomic mass is 9.55. The molecule has 0 spiro atoms. The summed E-state index contributed by atoms with van der Waals surface area (Å²) in [6.07, 6.45) is 10.5. The molecule has 3 rings (SSSR count). The minimum atomic E-state index is -0.756. The quantitative estimate of drug-likeness (QED) is 0.384. The normalized spacial score (nSPS) is 42.7. The van der Waals surface area contributed by atoms with Crippen molar-refractivity contribution in [3.05, 3.63) is 22.8 Å². The second-order valence-corrected chi connectivity index (χ2v) is 13.4. The first kappa shape index (κ1) is 27.9. The minimum absolute atomic E-state index is 0.0425. The van der Waals surface area contributed by atoms with Gasteiger partial charge in [0.25, 0.3) is 0 Å². The molecule has 0 radical (unpaired) electrons. The summed E-state index contributed by atoms with van der Waals surface area (Å²) < 4.78 is 6.57. The van der Waals surface area contributed by atoms with Gasteiger partial charge in [-0.15, -0.1) is 0 Å². The fourth-order valence-corrected chi connectivity index (χ4v) is 7.51. The molecule has 0 aromatic heterocycles. The zero-order valence-electron chi connectivity index (χ0n) is 23.2. The van der Waals surface area contributed by atoms with Crippen LogP contribution in [-0.2, 0) is 4.74 Å². The molecule has 196 valence electrons. The van der Waals surface area contributed by atoms with Crippen LogP contribution in [0.25, 0.3) is 0 Å². The van der Waals surface area contributed by atoms with Crippen molar-refractivity contribution in [3.8, 4) is 0 Å². The van der Waals surface area contributed by atoms with Gasteiger partial charge in [-0.2, -0.15) is 0 Å². The third-order valence-corrected chi connectivity index (χ3v) is 10.0. The molecular formula is C30H52O4. The monoisotopic (exact) mass is 476 g/mol. The molecule has 0 unspecified atom stereocenters. The van der Waals surface area contributed by atoms with Gasteiger partial charge in [-0.05, 0) is 128 Å². The highest BCUT2D eigenvalue weighted by Crippen LogP contribution is 2.56. The van der Waals surface area contributed by atoms with Gasteiger partial charge in [0, 0.05) is 0 Å². The molecule has 1 heterocycles. The Bertz CT molecular complexity index is 790. The van der Waals surface area contributed by atoms with Crippen molar-refractivity contribution in [3.63, 3.8) is 0 Å². The highest BCUT2D eigenvalue weighted by atomic mass is 16.5. The SMILES string of the molecule is CC(C)=CCC[C@@]1(C)CC[C@@H](O)C(C)=C1CC[C@H]1[C@]2(C)CC[C@H](O)C(C)(C)O[C@@H]2CC[C@@]1(C)O. The van der Waals surface area contributed by atoms with Crippen LogP contribution in [-0.4, -0.2) is 44.8 Å². The Hall–Kier alpha value is -0.680. The average molecular weight is 477 g/mol. The molecule has 0 amide bonds. The maximum Gasteiger partial charge on any atom is 0.0888 e. The van der Waals surface area contributed by atoms with E-state index in [4.69, 9.17) is 4.74 Å². The second kappa shape index (κ2) is 10.00. The summed E-state index contributed by atoms with van der Waals surface area (Å²) in [5.41, 5.74) is 2.50. The Morgan fingerprint density at radius 1 is 1.00 bits per heavy atom. The highest BCUT2D eigenvalue weighted by Gasteiger charge is 2.56.